The molecule has 0 saturated carbocycles. The monoisotopic (exact) mass is 310 g/mol. The summed E-state index contributed by atoms with van der Waals surface area (Å²) in [5.41, 5.74) is 0. The van der Waals surface area contributed by atoms with Crippen LogP contribution in [0.3, 0.4) is 0 Å². The maximum atomic E-state index is 12.2. The highest BCUT2D eigenvalue weighted by Crippen LogP contribution is 2.18. The number of carbonyl (C=O) groups excluding carboxylic acids is 2. The first-order valence-electron chi connectivity index (χ1n) is 6.66. The first-order chi connectivity index (χ1) is 10.2. The van der Waals surface area contributed by atoms with Crippen molar-refractivity contribution in [3.63, 3.8) is 0 Å². The molecule has 0 bridgehead atoms. The Balaban J connectivity index is 1.88. The van der Waals surface area contributed by atoms with Crippen LogP contribution in [0.25, 0.3) is 0 Å². The second-order valence-corrected chi connectivity index (χ2v) is 5.78. The Morgan fingerprint density at radius 1 is 1.52 bits per heavy atom. The maximum Gasteiger partial charge on any atom is 0.246 e. The Bertz CT molecular complexity index is 531. The van der Waals surface area contributed by atoms with Gasteiger partial charge in [-0.1, -0.05) is 17.9 Å². The van der Waals surface area contributed by atoms with Gasteiger partial charge in [-0.15, -0.1) is 10.2 Å². The van der Waals surface area contributed by atoms with E-state index >= 15 is 0 Å². The molecule has 1 aliphatic rings. The molecular weight excluding hydrogens is 292 g/mol. The number of rotatable bonds is 6. The summed E-state index contributed by atoms with van der Waals surface area (Å²) in [6.07, 6.45) is 2.75. The zero-order valence-electron chi connectivity index (χ0n) is 11.9. The number of carbonyl (C=O) groups is 2. The van der Waals surface area contributed by atoms with Crippen LogP contribution in [0.1, 0.15) is 22.9 Å². The van der Waals surface area contributed by atoms with Crippen molar-refractivity contribution < 1.29 is 14.3 Å². The highest BCUT2D eigenvalue weighted by atomic mass is 32.1. The quantitative estimate of drug-likeness (QED) is 0.773. The average Bonchev–Trinajstić information content (AvgIpc) is 3.13. The summed E-state index contributed by atoms with van der Waals surface area (Å²) >= 11 is 1.39. The molecule has 0 spiro atoms. The first kappa shape index (κ1) is 15.6. The molecule has 1 N–H and O–H groups in total. The predicted molar refractivity (Wildman–Crippen MR) is 77.4 cm³/mol. The first-order valence-corrected chi connectivity index (χ1v) is 7.48. The molecule has 2 amide bonds. The SMILES string of the molecule is C=CC(=O)N1CCCC1C(=O)NCc1nnc(COC)s1. The van der Waals surface area contributed by atoms with E-state index < -0.39 is 6.04 Å². The topological polar surface area (TPSA) is 84.4 Å². The number of hydrogen-bond donors (Lipinski definition) is 1. The number of ether oxygens (including phenoxy) is 1. The molecule has 114 valence electrons. The lowest BCUT2D eigenvalue weighted by molar-refractivity contribution is -0.135. The average molecular weight is 310 g/mol. The highest BCUT2D eigenvalue weighted by molar-refractivity contribution is 7.11. The van der Waals surface area contributed by atoms with Crippen LogP contribution in [0, 0.1) is 0 Å². The van der Waals surface area contributed by atoms with Crippen LogP contribution >= 0.6 is 11.3 Å². The number of nitrogens with one attached hydrogen (secondary N) is 1. The van der Waals surface area contributed by atoms with E-state index in [1.54, 1.807) is 12.0 Å². The number of nitrogens with zero attached hydrogens (tertiary/aromatic N) is 3. The van der Waals surface area contributed by atoms with Crippen molar-refractivity contribution in [2.45, 2.75) is 32.0 Å². The van der Waals surface area contributed by atoms with E-state index in [9.17, 15) is 9.59 Å². The van der Waals surface area contributed by atoms with Gasteiger partial charge in [-0.2, -0.15) is 0 Å². The number of likely N-dealkylation sites (tertiary alicyclic amines) is 1. The number of methoxy groups -OCH3 is 1. The summed E-state index contributed by atoms with van der Waals surface area (Å²) < 4.78 is 4.97. The fraction of sp³-hybridized carbons (Fsp3) is 0.538. The van der Waals surface area contributed by atoms with Crippen molar-refractivity contribution in [1.82, 2.24) is 20.4 Å². The molecule has 0 aromatic carbocycles. The Hall–Kier alpha value is -1.80. The van der Waals surface area contributed by atoms with Gasteiger partial charge in [0.15, 0.2) is 0 Å². The van der Waals surface area contributed by atoms with Gasteiger partial charge in [0.2, 0.25) is 11.8 Å². The van der Waals surface area contributed by atoms with Crippen LogP contribution in [0.2, 0.25) is 0 Å². The molecule has 7 nitrogen and oxygen atoms in total. The second kappa shape index (κ2) is 7.28. The van der Waals surface area contributed by atoms with Gasteiger partial charge in [0.25, 0.3) is 0 Å². The number of hydrogen-bond acceptors (Lipinski definition) is 6. The zero-order chi connectivity index (χ0) is 15.2. The molecule has 1 saturated heterocycles. The van der Waals surface area contributed by atoms with Crippen molar-refractivity contribution >= 4 is 23.2 Å². The van der Waals surface area contributed by atoms with E-state index in [2.05, 4.69) is 22.1 Å². The maximum absolute atomic E-state index is 12.2. The number of amides is 2. The Morgan fingerprint density at radius 3 is 3.00 bits per heavy atom. The molecule has 1 aromatic heterocycles. The van der Waals surface area contributed by atoms with Gasteiger partial charge in [0.05, 0.1) is 13.2 Å². The van der Waals surface area contributed by atoms with Crippen LogP contribution < -0.4 is 5.32 Å². The molecule has 1 unspecified atom stereocenters. The lowest BCUT2D eigenvalue weighted by atomic mass is 10.2. The van der Waals surface area contributed by atoms with Gasteiger partial charge in [-0.25, -0.2) is 0 Å². The summed E-state index contributed by atoms with van der Waals surface area (Å²) in [7, 11) is 1.59. The van der Waals surface area contributed by atoms with Crippen molar-refractivity contribution in [2.75, 3.05) is 13.7 Å². The largest absolute Gasteiger partial charge is 0.377 e. The summed E-state index contributed by atoms with van der Waals surface area (Å²) in [6, 6.07) is -0.415. The Morgan fingerprint density at radius 2 is 2.29 bits per heavy atom. The van der Waals surface area contributed by atoms with Crippen molar-refractivity contribution in [3.8, 4) is 0 Å². The van der Waals surface area contributed by atoms with Crippen molar-refractivity contribution in [1.29, 1.82) is 0 Å². The van der Waals surface area contributed by atoms with Crippen LogP contribution in [0.5, 0.6) is 0 Å². The molecule has 1 atom stereocenters. The van der Waals surface area contributed by atoms with E-state index in [-0.39, 0.29) is 11.8 Å². The van der Waals surface area contributed by atoms with Crippen molar-refractivity contribution in [3.05, 3.63) is 22.7 Å². The minimum atomic E-state index is -0.415. The molecule has 21 heavy (non-hydrogen) atoms. The zero-order valence-corrected chi connectivity index (χ0v) is 12.7. The van der Waals surface area contributed by atoms with Crippen LogP contribution in [-0.4, -0.2) is 46.6 Å². The van der Waals surface area contributed by atoms with Crippen LogP contribution in [0.15, 0.2) is 12.7 Å². The van der Waals surface area contributed by atoms with E-state index in [0.29, 0.717) is 26.1 Å². The molecule has 2 heterocycles. The Kier molecular flexibility index (Phi) is 5.40. The summed E-state index contributed by atoms with van der Waals surface area (Å²) in [5.74, 6) is -0.364. The summed E-state index contributed by atoms with van der Waals surface area (Å²) in [6.45, 7) is 4.78. The normalized spacial score (nSPS) is 17.8. The Labute approximate surface area is 127 Å². The standard InChI is InChI=1S/C13H18N4O3S/c1-3-12(18)17-6-4-5-9(17)13(19)14-7-10-15-16-11(21-10)8-20-2/h3,9H,1,4-8H2,2H3,(H,14,19). The van der Waals surface area contributed by atoms with Crippen LogP contribution in [0.4, 0.5) is 0 Å². The molecule has 0 radical (unpaired) electrons. The molecule has 2 rings (SSSR count). The smallest absolute Gasteiger partial charge is 0.246 e. The minimum Gasteiger partial charge on any atom is -0.377 e. The van der Waals surface area contributed by atoms with E-state index in [0.717, 1.165) is 16.4 Å². The lowest BCUT2D eigenvalue weighted by Crippen LogP contribution is -2.45. The molecule has 0 aliphatic carbocycles. The third-order valence-corrected chi connectivity index (χ3v) is 4.10. The summed E-state index contributed by atoms with van der Waals surface area (Å²) in [5, 5.41) is 12.2. The molecule has 1 fully saturated rings. The third kappa shape index (κ3) is 3.85. The summed E-state index contributed by atoms with van der Waals surface area (Å²) in [4.78, 5) is 25.4. The van der Waals surface area contributed by atoms with Gasteiger partial charge in [-0.3, -0.25) is 9.59 Å². The van der Waals surface area contributed by atoms with Crippen molar-refractivity contribution in [2.24, 2.45) is 0 Å². The predicted octanol–water partition coefficient (Wildman–Crippen LogP) is 0.478. The molecule has 1 aliphatic heterocycles. The van der Waals surface area contributed by atoms with Gasteiger partial charge in [-0.05, 0) is 18.9 Å². The van der Waals surface area contributed by atoms with Gasteiger partial charge >= 0.3 is 0 Å². The molecule has 1 aromatic rings. The molecule has 8 heteroatoms. The number of aromatic nitrogens is 2. The van der Waals surface area contributed by atoms with E-state index in [1.807, 2.05) is 0 Å². The third-order valence-electron chi connectivity index (χ3n) is 3.20. The fourth-order valence-electron chi connectivity index (χ4n) is 2.24. The highest BCUT2D eigenvalue weighted by Gasteiger charge is 2.32. The minimum absolute atomic E-state index is 0.161. The fourth-order valence-corrected chi connectivity index (χ4v) is 3.00. The van der Waals surface area contributed by atoms with E-state index in [1.165, 1.54) is 17.4 Å². The second-order valence-electron chi connectivity index (χ2n) is 4.63. The van der Waals surface area contributed by atoms with Gasteiger partial charge in [0.1, 0.15) is 16.1 Å². The lowest BCUT2D eigenvalue weighted by Gasteiger charge is -2.22. The van der Waals surface area contributed by atoms with E-state index in [4.69, 9.17) is 4.74 Å². The van der Waals surface area contributed by atoms with Gasteiger partial charge < -0.3 is 15.0 Å². The van der Waals surface area contributed by atoms with Crippen LogP contribution in [-0.2, 0) is 27.5 Å². The molecular formula is C13H18N4O3S. The van der Waals surface area contributed by atoms with Gasteiger partial charge in [0, 0.05) is 13.7 Å².